The molecule has 1 aliphatic heterocycles. The standard InChI is InChI=1S/C25H29N3O2.C2H6/c1-30-24-11-7-19(8-12-24)18-28(23-5-3-2-4-6-23)25(29)20-9-10-22(17-20)27-21-13-15-26-16-14-21;1-2/h2-12,21,26-27H,13-18H2,1H3;1-2H3. The van der Waals surface area contributed by atoms with Gasteiger partial charge in [-0.05, 0) is 61.8 Å². The van der Waals surface area contributed by atoms with E-state index in [-0.39, 0.29) is 5.91 Å². The van der Waals surface area contributed by atoms with Crippen LogP contribution >= 0.6 is 0 Å². The van der Waals surface area contributed by atoms with Crippen molar-refractivity contribution in [2.24, 2.45) is 0 Å². The molecule has 0 aromatic heterocycles. The van der Waals surface area contributed by atoms with Crippen molar-refractivity contribution >= 4 is 11.6 Å². The summed E-state index contributed by atoms with van der Waals surface area (Å²) in [6.07, 6.45) is 6.93. The van der Waals surface area contributed by atoms with Gasteiger partial charge in [0.2, 0.25) is 0 Å². The number of rotatable bonds is 7. The summed E-state index contributed by atoms with van der Waals surface area (Å²) in [7, 11) is 1.66. The van der Waals surface area contributed by atoms with Crippen LogP contribution in [-0.4, -0.2) is 32.1 Å². The van der Waals surface area contributed by atoms with Crippen LogP contribution in [0.4, 0.5) is 5.69 Å². The zero-order chi connectivity index (χ0) is 22.8. The van der Waals surface area contributed by atoms with E-state index >= 15 is 0 Å². The maximum atomic E-state index is 13.5. The molecule has 170 valence electrons. The fourth-order valence-corrected chi connectivity index (χ4v) is 3.97. The van der Waals surface area contributed by atoms with Gasteiger partial charge in [0.1, 0.15) is 5.75 Å². The predicted octanol–water partition coefficient (Wildman–Crippen LogP) is 4.81. The maximum Gasteiger partial charge on any atom is 0.254 e. The van der Waals surface area contributed by atoms with Crippen LogP contribution in [0.3, 0.4) is 0 Å². The van der Waals surface area contributed by atoms with Gasteiger partial charge in [-0.15, -0.1) is 0 Å². The zero-order valence-electron chi connectivity index (χ0n) is 19.4. The Hall–Kier alpha value is -3.05. The van der Waals surface area contributed by atoms with Crippen molar-refractivity contribution < 1.29 is 9.53 Å². The summed E-state index contributed by atoms with van der Waals surface area (Å²) >= 11 is 0. The molecular formula is C27H35N3O2. The van der Waals surface area contributed by atoms with Crippen LogP contribution in [0.5, 0.6) is 5.75 Å². The van der Waals surface area contributed by atoms with E-state index in [1.807, 2.05) is 79.4 Å². The summed E-state index contributed by atoms with van der Waals surface area (Å²) < 4.78 is 5.25. The van der Waals surface area contributed by atoms with Crippen molar-refractivity contribution in [2.75, 3.05) is 25.1 Å². The van der Waals surface area contributed by atoms with E-state index in [1.165, 1.54) is 0 Å². The quantitative estimate of drug-likeness (QED) is 0.658. The lowest BCUT2D eigenvalue weighted by atomic mass is 10.1. The lowest BCUT2D eigenvalue weighted by Crippen LogP contribution is -2.39. The molecule has 0 spiro atoms. The summed E-state index contributed by atoms with van der Waals surface area (Å²) in [5.74, 6) is 0.864. The lowest BCUT2D eigenvalue weighted by molar-refractivity contribution is -0.115. The number of allylic oxidation sites excluding steroid dienone is 3. The number of methoxy groups -OCH3 is 1. The second kappa shape index (κ2) is 12.1. The van der Waals surface area contributed by atoms with Crippen LogP contribution in [0.25, 0.3) is 0 Å². The average molecular weight is 434 g/mol. The first-order chi connectivity index (χ1) is 15.7. The number of para-hydroxylation sites is 1. The van der Waals surface area contributed by atoms with Gasteiger partial charge in [-0.2, -0.15) is 0 Å². The Labute approximate surface area is 192 Å². The molecule has 0 bridgehead atoms. The molecule has 0 atom stereocenters. The van der Waals surface area contributed by atoms with Crippen molar-refractivity contribution in [3.8, 4) is 5.75 Å². The third kappa shape index (κ3) is 6.24. The highest BCUT2D eigenvalue weighted by molar-refractivity contribution is 6.06. The average Bonchev–Trinajstić information content (AvgIpc) is 3.33. The third-order valence-electron chi connectivity index (χ3n) is 5.68. The van der Waals surface area contributed by atoms with Crippen molar-refractivity contribution in [3.63, 3.8) is 0 Å². The van der Waals surface area contributed by atoms with E-state index in [9.17, 15) is 4.79 Å². The van der Waals surface area contributed by atoms with Gasteiger partial charge in [-0.1, -0.05) is 50.3 Å². The highest BCUT2D eigenvalue weighted by atomic mass is 16.5. The minimum absolute atomic E-state index is 0.0513. The first-order valence-electron chi connectivity index (χ1n) is 11.6. The number of nitrogens with one attached hydrogen (secondary N) is 2. The molecule has 2 aromatic carbocycles. The molecule has 2 aliphatic rings. The molecule has 0 saturated carbocycles. The van der Waals surface area contributed by atoms with E-state index in [0.29, 0.717) is 19.0 Å². The van der Waals surface area contributed by atoms with Gasteiger partial charge in [0, 0.05) is 29.4 Å². The van der Waals surface area contributed by atoms with Crippen molar-refractivity contribution in [1.29, 1.82) is 0 Å². The van der Waals surface area contributed by atoms with Crippen molar-refractivity contribution in [3.05, 3.63) is 83.6 Å². The van der Waals surface area contributed by atoms with Crippen LogP contribution in [0, 0.1) is 0 Å². The Morgan fingerprint density at radius 3 is 2.38 bits per heavy atom. The number of carbonyl (C=O) groups excluding carboxylic acids is 1. The Morgan fingerprint density at radius 2 is 1.72 bits per heavy atom. The number of anilines is 1. The second-order valence-corrected chi connectivity index (χ2v) is 7.80. The van der Waals surface area contributed by atoms with Gasteiger partial charge in [0.25, 0.3) is 5.91 Å². The summed E-state index contributed by atoms with van der Waals surface area (Å²) in [5.41, 5.74) is 3.93. The molecule has 1 amide bonds. The topological polar surface area (TPSA) is 53.6 Å². The smallest absolute Gasteiger partial charge is 0.254 e. The fourth-order valence-electron chi connectivity index (χ4n) is 3.97. The Bertz CT molecular complexity index is 914. The first kappa shape index (κ1) is 23.6. The van der Waals surface area contributed by atoms with Gasteiger partial charge in [-0.25, -0.2) is 0 Å². The SMILES string of the molecule is CC.COc1ccc(CN(C(=O)C2=CC=C(NC3CCNCC3)C2)c2ccccc2)cc1. The molecule has 1 aliphatic carbocycles. The Balaban J connectivity index is 0.00000141. The Kier molecular flexibility index (Phi) is 8.93. The monoisotopic (exact) mass is 433 g/mol. The molecule has 0 unspecified atom stereocenters. The molecule has 1 heterocycles. The van der Waals surface area contributed by atoms with Crippen molar-refractivity contribution in [2.45, 2.75) is 45.7 Å². The summed E-state index contributed by atoms with van der Waals surface area (Å²) in [5, 5.41) is 7.02. The minimum Gasteiger partial charge on any atom is -0.497 e. The summed E-state index contributed by atoms with van der Waals surface area (Å²) in [4.78, 5) is 15.3. The van der Waals surface area contributed by atoms with Crippen molar-refractivity contribution in [1.82, 2.24) is 10.6 Å². The minimum atomic E-state index is 0.0513. The van der Waals surface area contributed by atoms with Gasteiger partial charge in [0.05, 0.1) is 13.7 Å². The number of nitrogens with zero attached hydrogens (tertiary/aromatic N) is 1. The molecule has 5 nitrogen and oxygen atoms in total. The van der Waals surface area contributed by atoms with Gasteiger partial charge in [0.15, 0.2) is 0 Å². The number of ether oxygens (including phenoxy) is 1. The number of amides is 1. The maximum absolute atomic E-state index is 13.5. The largest absolute Gasteiger partial charge is 0.497 e. The van der Waals surface area contributed by atoms with E-state index in [4.69, 9.17) is 4.74 Å². The number of carbonyl (C=O) groups is 1. The number of hydrogen-bond acceptors (Lipinski definition) is 4. The van der Waals surface area contributed by atoms with E-state index < -0.39 is 0 Å². The number of hydrogen-bond donors (Lipinski definition) is 2. The molecule has 5 heteroatoms. The van der Waals surface area contributed by atoms with Crippen LogP contribution < -0.4 is 20.3 Å². The normalized spacial score (nSPS) is 15.7. The zero-order valence-corrected chi connectivity index (χ0v) is 19.4. The highest BCUT2D eigenvalue weighted by Crippen LogP contribution is 2.26. The van der Waals surface area contributed by atoms with Gasteiger partial charge in [-0.3, -0.25) is 4.79 Å². The molecule has 0 radical (unpaired) electrons. The lowest BCUT2D eigenvalue weighted by Gasteiger charge is -2.26. The van der Waals surface area contributed by atoms with Crippen LogP contribution in [0.1, 0.15) is 38.7 Å². The third-order valence-corrected chi connectivity index (χ3v) is 5.68. The van der Waals surface area contributed by atoms with Crippen LogP contribution in [0.15, 0.2) is 78.0 Å². The van der Waals surface area contributed by atoms with E-state index in [2.05, 4.69) is 16.7 Å². The highest BCUT2D eigenvalue weighted by Gasteiger charge is 2.24. The predicted molar refractivity (Wildman–Crippen MR) is 132 cm³/mol. The number of piperidine rings is 1. The fraction of sp³-hybridized carbons (Fsp3) is 0.370. The van der Waals surface area contributed by atoms with Gasteiger partial charge >= 0.3 is 0 Å². The Morgan fingerprint density at radius 1 is 1.03 bits per heavy atom. The van der Waals surface area contributed by atoms with Gasteiger partial charge < -0.3 is 20.3 Å². The van der Waals surface area contributed by atoms with Crippen LogP contribution in [0.2, 0.25) is 0 Å². The van der Waals surface area contributed by atoms with E-state index in [0.717, 1.165) is 54.2 Å². The molecule has 32 heavy (non-hydrogen) atoms. The molecule has 2 N–H and O–H groups in total. The number of benzene rings is 2. The summed E-state index contributed by atoms with van der Waals surface area (Å²) in [6, 6.07) is 18.2. The first-order valence-corrected chi connectivity index (χ1v) is 11.6. The molecule has 4 rings (SSSR count). The van der Waals surface area contributed by atoms with E-state index in [1.54, 1.807) is 7.11 Å². The molecular weight excluding hydrogens is 398 g/mol. The molecule has 1 fully saturated rings. The molecule has 1 saturated heterocycles. The second-order valence-electron chi connectivity index (χ2n) is 7.80. The van der Waals surface area contributed by atoms with Crippen LogP contribution in [-0.2, 0) is 11.3 Å². The summed E-state index contributed by atoms with van der Waals surface area (Å²) in [6.45, 7) is 6.61. The molecule has 2 aromatic rings.